The highest BCUT2D eigenvalue weighted by atomic mass is 35.5. The Balaban J connectivity index is 2.07. The van der Waals surface area contributed by atoms with Gasteiger partial charge < -0.3 is 0 Å². The Kier molecular flexibility index (Phi) is 2.21. The van der Waals surface area contributed by atoms with Crippen molar-refractivity contribution in [1.29, 1.82) is 0 Å². The number of hydrogen-bond acceptors (Lipinski definition) is 2. The molecule has 82 valence electrons. The predicted octanol–water partition coefficient (Wildman–Crippen LogP) is 3.24. The first-order chi connectivity index (χ1) is 7.75. The largest absolute Gasteiger partial charge is 0.242 e. The van der Waals surface area contributed by atoms with E-state index in [-0.39, 0.29) is 0 Å². The molecule has 0 bridgehead atoms. The van der Waals surface area contributed by atoms with Gasteiger partial charge in [0, 0.05) is 10.6 Å². The summed E-state index contributed by atoms with van der Waals surface area (Å²) >= 11 is 6.13. The maximum Gasteiger partial charge on any atom is 0.0889 e. The molecule has 0 atom stereocenters. The molecule has 0 aliphatic heterocycles. The quantitative estimate of drug-likeness (QED) is 0.797. The van der Waals surface area contributed by atoms with Gasteiger partial charge in [0.2, 0.25) is 0 Å². The highest BCUT2D eigenvalue weighted by Crippen LogP contribution is 2.37. The van der Waals surface area contributed by atoms with E-state index >= 15 is 0 Å². The second-order valence-corrected chi connectivity index (χ2v) is 4.67. The van der Waals surface area contributed by atoms with E-state index in [1.165, 1.54) is 12.8 Å². The summed E-state index contributed by atoms with van der Waals surface area (Å²) in [6.07, 6.45) is 4.21. The first-order valence-electron chi connectivity index (χ1n) is 5.42. The smallest absolute Gasteiger partial charge is 0.0889 e. The molecule has 0 N–H and O–H groups in total. The first-order valence-corrected chi connectivity index (χ1v) is 5.80. The zero-order valence-electron chi connectivity index (χ0n) is 9.02. The van der Waals surface area contributed by atoms with Crippen molar-refractivity contribution in [2.24, 2.45) is 0 Å². The third kappa shape index (κ3) is 1.61. The predicted molar refractivity (Wildman–Crippen MR) is 63.5 cm³/mol. The van der Waals surface area contributed by atoms with E-state index < -0.39 is 0 Å². The van der Waals surface area contributed by atoms with Crippen molar-refractivity contribution in [2.45, 2.75) is 25.8 Å². The van der Waals surface area contributed by atoms with Crippen LogP contribution in [0.5, 0.6) is 0 Å². The zero-order valence-corrected chi connectivity index (χ0v) is 9.78. The van der Waals surface area contributed by atoms with Gasteiger partial charge in [-0.25, -0.2) is 4.68 Å². The van der Waals surface area contributed by atoms with E-state index in [4.69, 9.17) is 11.6 Å². The Morgan fingerprint density at radius 2 is 2.19 bits per heavy atom. The van der Waals surface area contributed by atoms with E-state index in [9.17, 15) is 0 Å². The van der Waals surface area contributed by atoms with Gasteiger partial charge in [0.15, 0.2) is 0 Å². The lowest BCUT2D eigenvalue weighted by Crippen LogP contribution is -1.99. The molecule has 3 nitrogen and oxygen atoms in total. The van der Waals surface area contributed by atoms with Gasteiger partial charge in [-0.15, -0.1) is 5.10 Å². The monoisotopic (exact) mass is 233 g/mol. The van der Waals surface area contributed by atoms with E-state index in [1.807, 2.05) is 23.7 Å². The van der Waals surface area contributed by atoms with Crippen molar-refractivity contribution >= 4 is 11.6 Å². The van der Waals surface area contributed by atoms with Gasteiger partial charge in [0.1, 0.15) is 0 Å². The molecule has 1 aromatic heterocycles. The molecule has 0 saturated heterocycles. The van der Waals surface area contributed by atoms with Gasteiger partial charge in [0.05, 0.1) is 17.9 Å². The molecule has 0 unspecified atom stereocenters. The minimum Gasteiger partial charge on any atom is -0.242 e. The number of nitrogens with zero attached hydrogens (tertiary/aromatic N) is 3. The molecular formula is C12H12ClN3. The first kappa shape index (κ1) is 9.85. The summed E-state index contributed by atoms with van der Waals surface area (Å²) < 4.78 is 2.00. The van der Waals surface area contributed by atoms with E-state index in [0.717, 1.165) is 21.8 Å². The lowest BCUT2D eigenvalue weighted by molar-refractivity contribution is 0.616. The summed E-state index contributed by atoms with van der Waals surface area (Å²) in [4.78, 5) is 0. The van der Waals surface area contributed by atoms with E-state index in [1.54, 1.807) is 6.20 Å². The molecule has 2 aromatic rings. The molecule has 0 amide bonds. The van der Waals surface area contributed by atoms with Gasteiger partial charge >= 0.3 is 0 Å². The van der Waals surface area contributed by atoms with Crippen molar-refractivity contribution in [1.82, 2.24) is 15.0 Å². The highest BCUT2D eigenvalue weighted by molar-refractivity contribution is 6.31. The van der Waals surface area contributed by atoms with Crippen LogP contribution in [0.3, 0.4) is 0 Å². The topological polar surface area (TPSA) is 30.7 Å². The van der Waals surface area contributed by atoms with Crippen LogP contribution in [0, 0.1) is 6.92 Å². The van der Waals surface area contributed by atoms with Crippen molar-refractivity contribution in [3.63, 3.8) is 0 Å². The molecule has 16 heavy (non-hydrogen) atoms. The molecule has 1 saturated carbocycles. The minimum absolute atomic E-state index is 0.539. The molecular weight excluding hydrogens is 222 g/mol. The molecule has 1 aliphatic rings. The van der Waals surface area contributed by atoms with Gasteiger partial charge in [0.25, 0.3) is 0 Å². The Hall–Kier alpha value is -1.35. The van der Waals surface area contributed by atoms with Crippen LogP contribution < -0.4 is 0 Å². The number of aryl methyl sites for hydroxylation is 1. The average Bonchev–Trinajstić information content (AvgIpc) is 3.01. The summed E-state index contributed by atoms with van der Waals surface area (Å²) in [6, 6.07) is 6.62. The van der Waals surface area contributed by atoms with Crippen LogP contribution in [0.25, 0.3) is 11.3 Å². The van der Waals surface area contributed by atoms with Crippen LogP contribution in [0.4, 0.5) is 0 Å². The molecule has 3 rings (SSSR count). The zero-order chi connectivity index (χ0) is 11.1. The number of benzene rings is 1. The second kappa shape index (κ2) is 3.59. The lowest BCUT2D eigenvalue weighted by atomic mass is 10.1. The van der Waals surface area contributed by atoms with Crippen LogP contribution in [-0.2, 0) is 0 Å². The number of aromatic nitrogens is 3. The van der Waals surface area contributed by atoms with Gasteiger partial charge in [-0.2, -0.15) is 0 Å². The molecule has 1 aliphatic carbocycles. The van der Waals surface area contributed by atoms with Crippen molar-refractivity contribution in [3.8, 4) is 11.3 Å². The molecule has 1 heterocycles. The van der Waals surface area contributed by atoms with Crippen LogP contribution in [0.1, 0.15) is 24.4 Å². The van der Waals surface area contributed by atoms with Crippen LogP contribution >= 0.6 is 11.6 Å². The highest BCUT2D eigenvalue weighted by Gasteiger charge is 2.27. The Morgan fingerprint density at radius 3 is 2.88 bits per heavy atom. The fraction of sp³-hybridized carbons (Fsp3) is 0.333. The SMILES string of the molecule is Cc1ccc(-c2cnnn2C2CC2)cc1Cl. The van der Waals surface area contributed by atoms with E-state index in [2.05, 4.69) is 16.4 Å². The number of halogens is 1. The summed E-state index contributed by atoms with van der Waals surface area (Å²) in [5.41, 5.74) is 3.24. The number of rotatable bonds is 2. The van der Waals surface area contributed by atoms with Gasteiger partial charge in [-0.1, -0.05) is 28.9 Å². The van der Waals surface area contributed by atoms with Crippen LogP contribution in [0.15, 0.2) is 24.4 Å². The molecule has 1 fully saturated rings. The molecule has 4 heteroatoms. The molecule has 1 aromatic carbocycles. The maximum absolute atomic E-state index is 6.13. The average molecular weight is 234 g/mol. The van der Waals surface area contributed by atoms with Crippen molar-refractivity contribution in [3.05, 3.63) is 35.0 Å². The normalized spacial score (nSPS) is 15.4. The Morgan fingerprint density at radius 1 is 1.38 bits per heavy atom. The third-order valence-corrected chi connectivity index (χ3v) is 3.34. The fourth-order valence-electron chi connectivity index (χ4n) is 1.79. The molecule has 0 radical (unpaired) electrons. The van der Waals surface area contributed by atoms with E-state index in [0.29, 0.717) is 6.04 Å². The van der Waals surface area contributed by atoms with Crippen molar-refractivity contribution in [2.75, 3.05) is 0 Å². The fourth-order valence-corrected chi connectivity index (χ4v) is 1.97. The second-order valence-electron chi connectivity index (χ2n) is 4.26. The maximum atomic E-state index is 6.13. The molecule has 0 spiro atoms. The third-order valence-electron chi connectivity index (χ3n) is 2.94. The van der Waals surface area contributed by atoms with Crippen LogP contribution in [-0.4, -0.2) is 15.0 Å². The minimum atomic E-state index is 0.539. The van der Waals surface area contributed by atoms with Gasteiger partial charge in [-0.3, -0.25) is 0 Å². The summed E-state index contributed by atoms with van der Waals surface area (Å²) in [6.45, 7) is 2.00. The van der Waals surface area contributed by atoms with Crippen molar-refractivity contribution < 1.29 is 0 Å². The van der Waals surface area contributed by atoms with Crippen LogP contribution in [0.2, 0.25) is 5.02 Å². The lowest BCUT2D eigenvalue weighted by Gasteiger charge is -2.06. The Bertz CT molecular complexity index is 529. The summed E-state index contributed by atoms with van der Waals surface area (Å²) in [7, 11) is 0. The van der Waals surface area contributed by atoms with Gasteiger partial charge in [-0.05, 0) is 31.4 Å². The summed E-state index contributed by atoms with van der Waals surface area (Å²) in [5, 5.41) is 8.90. The number of hydrogen-bond donors (Lipinski definition) is 0. The Labute approximate surface area is 99.0 Å². The summed E-state index contributed by atoms with van der Waals surface area (Å²) in [5.74, 6) is 0. The standard InChI is InChI=1S/C12H12ClN3/c1-8-2-3-9(6-11(8)13)12-7-14-15-16(12)10-4-5-10/h2-3,6-7,10H,4-5H2,1H3.